The second kappa shape index (κ2) is 8.18. The van der Waals surface area contributed by atoms with Crippen LogP contribution in [0.25, 0.3) is 0 Å². The van der Waals surface area contributed by atoms with Gasteiger partial charge in [-0.3, -0.25) is 9.59 Å². The molecule has 1 fully saturated rings. The maximum absolute atomic E-state index is 12.3. The van der Waals surface area contributed by atoms with E-state index in [-0.39, 0.29) is 11.8 Å². The van der Waals surface area contributed by atoms with Crippen molar-refractivity contribution in [3.05, 3.63) is 77.9 Å². The molecule has 0 aliphatic carbocycles. The van der Waals surface area contributed by atoms with Gasteiger partial charge in [0, 0.05) is 31.7 Å². The molecule has 0 unspecified atom stereocenters. The monoisotopic (exact) mass is 390 g/mol. The highest BCUT2D eigenvalue weighted by molar-refractivity contribution is 6.03. The first-order valence-corrected chi connectivity index (χ1v) is 9.52. The second-order valence-electron chi connectivity index (χ2n) is 6.98. The minimum absolute atomic E-state index is 0.0815. The molecule has 3 aromatic rings. The van der Waals surface area contributed by atoms with E-state index in [1.807, 2.05) is 25.1 Å². The molecule has 7 nitrogen and oxygen atoms in total. The van der Waals surface area contributed by atoms with Gasteiger partial charge in [-0.2, -0.15) is 0 Å². The topological polar surface area (TPSA) is 78.7 Å². The van der Waals surface area contributed by atoms with E-state index in [0.29, 0.717) is 43.3 Å². The third-order valence-corrected chi connectivity index (χ3v) is 4.97. The van der Waals surface area contributed by atoms with Crippen LogP contribution in [0, 0.1) is 6.92 Å². The molecule has 2 aromatic heterocycles. The number of pyridine rings is 1. The number of aryl methyl sites for hydroxylation is 1. The average Bonchev–Trinajstić information content (AvgIpc) is 3.29. The summed E-state index contributed by atoms with van der Waals surface area (Å²) in [6, 6.07) is 14.5. The average molecular weight is 390 g/mol. The van der Waals surface area contributed by atoms with Gasteiger partial charge in [0.2, 0.25) is 0 Å². The number of anilines is 2. The summed E-state index contributed by atoms with van der Waals surface area (Å²) in [5.41, 5.74) is 2.66. The van der Waals surface area contributed by atoms with Crippen molar-refractivity contribution in [3.8, 4) is 0 Å². The lowest BCUT2D eigenvalue weighted by Crippen LogP contribution is -2.48. The normalized spacial score (nSPS) is 14.0. The Morgan fingerprint density at radius 3 is 2.38 bits per heavy atom. The number of furan rings is 1. The van der Waals surface area contributed by atoms with Crippen molar-refractivity contribution in [1.29, 1.82) is 0 Å². The van der Waals surface area contributed by atoms with E-state index in [1.54, 1.807) is 41.4 Å². The Hall–Kier alpha value is -3.61. The van der Waals surface area contributed by atoms with Gasteiger partial charge < -0.3 is 19.5 Å². The predicted octanol–water partition coefficient (Wildman–Crippen LogP) is 3.20. The summed E-state index contributed by atoms with van der Waals surface area (Å²) in [4.78, 5) is 33.0. The van der Waals surface area contributed by atoms with Crippen molar-refractivity contribution in [2.24, 2.45) is 0 Å². The van der Waals surface area contributed by atoms with Crippen LogP contribution in [-0.4, -0.2) is 47.9 Å². The van der Waals surface area contributed by atoms with E-state index in [2.05, 4.69) is 15.2 Å². The molecule has 1 aliphatic rings. The first-order valence-electron chi connectivity index (χ1n) is 9.52. The van der Waals surface area contributed by atoms with E-state index in [4.69, 9.17) is 4.42 Å². The van der Waals surface area contributed by atoms with Crippen LogP contribution < -0.4 is 10.2 Å². The minimum Gasteiger partial charge on any atom is -0.459 e. The Kier molecular flexibility index (Phi) is 5.29. The van der Waals surface area contributed by atoms with Crippen LogP contribution in [-0.2, 0) is 0 Å². The van der Waals surface area contributed by atoms with Crippen molar-refractivity contribution in [2.75, 3.05) is 36.4 Å². The number of nitrogens with zero attached hydrogens (tertiary/aromatic N) is 3. The predicted molar refractivity (Wildman–Crippen MR) is 110 cm³/mol. The van der Waals surface area contributed by atoms with E-state index in [1.165, 1.54) is 6.26 Å². The van der Waals surface area contributed by atoms with Gasteiger partial charge in [-0.15, -0.1) is 0 Å². The standard InChI is InChI=1S/C22H22N4O3/c1-16-4-6-17(7-5-16)21(27)24-20-9-8-18(15-23-20)25-10-12-26(13-11-25)22(28)19-3-2-14-29-19/h2-9,14-15H,10-13H2,1H3,(H,23,24,27). The number of carbonyl (C=O) groups is 2. The van der Waals surface area contributed by atoms with Crippen molar-refractivity contribution in [1.82, 2.24) is 9.88 Å². The Balaban J connectivity index is 1.33. The zero-order valence-electron chi connectivity index (χ0n) is 16.2. The Bertz CT molecular complexity index is 974. The van der Waals surface area contributed by atoms with Gasteiger partial charge in [0.25, 0.3) is 11.8 Å². The Labute approximate surface area is 169 Å². The number of hydrogen-bond acceptors (Lipinski definition) is 5. The first kappa shape index (κ1) is 18.7. The van der Waals surface area contributed by atoms with E-state index >= 15 is 0 Å². The third kappa shape index (κ3) is 4.29. The minimum atomic E-state index is -0.185. The molecule has 2 amide bonds. The number of nitrogens with one attached hydrogen (secondary N) is 1. The smallest absolute Gasteiger partial charge is 0.289 e. The molecule has 3 heterocycles. The van der Waals surface area contributed by atoms with Gasteiger partial charge in [-0.25, -0.2) is 4.98 Å². The number of benzene rings is 1. The summed E-state index contributed by atoms with van der Waals surface area (Å²) in [6.45, 7) is 4.64. The molecule has 1 aromatic carbocycles. The van der Waals surface area contributed by atoms with Crippen molar-refractivity contribution < 1.29 is 14.0 Å². The summed E-state index contributed by atoms with van der Waals surface area (Å²) in [6.07, 6.45) is 3.25. The van der Waals surface area contributed by atoms with E-state index in [0.717, 1.165) is 11.3 Å². The molecule has 0 atom stereocenters. The lowest BCUT2D eigenvalue weighted by atomic mass is 10.1. The fraction of sp³-hybridized carbons (Fsp3) is 0.227. The van der Waals surface area contributed by atoms with Crippen LogP contribution in [0.4, 0.5) is 11.5 Å². The molecule has 1 N–H and O–H groups in total. The largest absolute Gasteiger partial charge is 0.459 e. The van der Waals surface area contributed by atoms with Crippen molar-refractivity contribution in [2.45, 2.75) is 6.92 Å². The van der Waals surface area contributed by atoms with Gasteiger partial charge >= 0.3 is 0 Å². The summed E-state index contributed by atoms with van der Waals surface area (Å²) in [5.74, 6) is 0.608. The van der Waals surface area contributed by atoms with Gasteiger partial charge in [0.15, 0.2) is 5.76 Å². The molecule has 1 aliphatic heterocycles. The van der Waals surface area contributed by atoms with Crippen LogP contribution in [0.2, 0.25) is 0 Å². The Morgan fingerprint density at radius 2 is 1.76 bits per heavy atom. The number of carbonyl (C=O) groups excluding carboxylic acids is 2. The molecule has 0 radical (unpaired) electrons. The van der Waals surface area contributed by atoms with Crippen LogP contribution in [0.3, 0.4) is 0 Å². The highest BCUT2D eigenvalue weighted by Gasteiger charge is 2.24. The van der Waals surface area contributed by atoms with E-state index in [9.17, 15) is 9.59 Å². The zero-order chi connectivity index (χ0) is 20.2. The summed E-state index contributed by atoms with van der Waals surface area (Å²) < 4.78 is 5.19. The van der Waals surface area contributed by atoms with Crippen molar-refractivity contribution in [3.63, 3.8) is 0 Å². The van der Waals surface area contributed by atoms with Gasteiger partial charge in [0.05, 0.1) is 18.1 Å². The zero-order valence-corrected chi connectivity index (χ0v) is 16.2. The number of rotatable bonds is 4. The van der Waals surface area contributed by atoms with Crippen LogP contribution in [0.1, 0.15) is 26.5 Å². The summed E-state index contributed by atoms with van der Waals surface area (Å²) in [7, 11) is 0. The number of hydrogen-bond donors (Lipinski definition) is 1. The highest BCUT2D eigenvalue weighted by Crippen LogP contribution is 2.19. The van der Waals surface area contributed by atoms with Gasteiger partial charge in [-0.05, 0) is 43.3 Å². The molecule has 4 rings (SSSR count). The molecule has 1 saturated heterocycles. The van der Waals surface area contributed by atoms with E-state index < -0.39 is 0 Å². The SMILES string of the molecule is Cc1ccc(C(=O)Nc2ccc(N3CCN(C(=O)c4ccco4)CC3)cn2)cc1. The van der Waals surface area contributed by atoms with Crippen LogP contribution in [0.15, 0.2) is 65.4 Å². The van der Waals surface area contributed by atoms with Crippen molar-refractivity contribution >= 4 is 23.3 Å². The molecule has 0 saturated carbocycles. The molecule has 29 heavy (non-hydrogen) atoms. The fourth-order valence-electron chi connectivity index (χ4n) is 3.26. The molecular formula is C22H22N4O3. The maximum atomic E-state index is 12.3. The number of amides is 2. The molecular weight excluding hydrogens is 368 g/mol. The molecule has 7 heteroatoms. The fourth-order valence-corrected chi connectivity index (χ4v) is 3.26. The quantitative estimate of drug-likeness (QED) is 0.740. The second-order valence-corrected chi connectivity index (χ2v) is 6.98. The first-order chi connectivity index (χ1) is 14.1. The molecule has 0 spiro atoms. The van der Waals surface area contributed by atoms with Crippen LogP contribution in [0.5, 0.6) is 0 Å². The highest BCUT2D eigenvalue weighted by atomic mass is 16.3. The van der Waals surface area contributed by atoms with Gasteiger partial charge in [-0.1, -0.05) is 17.7 Å². The number of aromatic nitrogens is 1. The number of piperazine rings is 1. The molecule has 0 bridgehead atoms. The summed E-state index contributed by atoms with van der Waals surface area (Å²) in [5, 5.41) is 2.81. The van der Waals surface area contributed by atoms with Crippen LogP contribution >= 0.6 is 0 Å². The maximum Gasteiger partial charge on any atom is 0.289 e. The summed E-state index contributed by atoms with van der Waals surface area (Å²) >= 11 is 0. The third-order valence-electron chi connectivity index (χ3n) is 4.97. The Morgan fingerprint density at radius 1 is 1.00 bits per heavy atom. The van der Waals surface area contributed by atoms with Gasteiger partial charge in [0.1, 0.15) is 5.82 Å². The lowest BCUT2D eigenvalue weighted by Gasteiger charge is -2.35. The molecule has 148 valence electrons. The lowest BCUT2D eigenvalue weighted by molar-refractivity contribution is 0.0714.